The van der Waals surface area contributed by atoms with Crippen LogP contribution in [0.5, 0.6) is 11.5 Å². The van der Waals surface area contributed by atoms with Crippen molar-refractivity contribution >= 4 is 46.3 Å². The summed E-state index contributed by atoms with van der Waals surface area (Å²) in [6.07, 6.45) is 1.69. The fourth-order valence-electron chi connectivity index (χ4n) is 2.15. The summed E-state index contributed by atoms with van der Waals surface area (Å²) in [6.45, 7) is 4.01. The van der Waals surface area contributed by atoms with Crippen LogP contribution in [0.2, 0.25) is 0 Å². The smallest absolute Gasteiger partial charge is 0.326 e. The zero-order valence-corrected chi connectivity index (χ0v) is 16.7. The third kappa shape index (κ3) is 4.98. The van der Waals surface area contributed by atoms with Gasteiger partial charge in [0, 0.05) is 11.6 Å². The summed E-state index contributed by atoms with van der Waals surface area (Å²) in [7, 11) is 3.11. The third-order valence-corrected chi connectivity index (χ3v) is 4.84. The van der Waals surface area contributed by atoms with Crippen molar-refractivity contribution < 1.29 is 23.8 Å². The summed E-state index contributed by atoms with van der Waals surface area (Å²) in [5, 5.41) is 0. The first kappa shape index (κ1) is 20.3. The van der Waals surface area contributed by atoms with Gasteiger partial charge in [-0.2, -0.15) is 0 Å². The lowest BCUT2D eigenvalue weighted by molar-refractivity contribution is -0.147. The maximum atomic E-state index is 12.6. The molecule has 0 atom stereocenters. The number of nitrogens with zero attached hydrogens (tertiary/aromatic N) is 1. The third-order valence-electron chi connectivity index (χ3n) is 3.47. The van der Waals surface area contributed by atoms with Crippen molar-refractivity contribution in [2.45, 2.75) is 13.8 Å². The number of carbonyl (C=O) groups excluding carboxylic acids is 2. The van der Waals surface area contributed by atoms with Crippen molar-refractivity contribution in [3.63, 3.8) is 0 Å². The number of amides is 1. The summed E-state index contributed by atoms with van der Waals surface area (Å²) < 4.78 is 16.0. The van der Waals surface area contributed by atoms with E-state index in [2.05, 4.69) is 0 Å². The molecule has 1 heterocycles. The Hall–Kier alpha value is -2.06. The van der Waals surface area contributed by atoms with Gasteiger partial charge in [0.15, 0.2) is 0 Å². The van der Waals surface area contributed by atoms with Crippen molar-refractivity contribution in [2.24, 2.45) is 5.92 Å². The highest BCUT2D eigenvalue weighted by Gasteiger charge is 2.34. The molecule has 8 heteroatoms. The van der Waals surface area contributed by atoms with E-state index in [1.54, 1.807) is 38.5 Å². The highest BCUT2D eigenvalue weighted by Crippen LogP contribution is 2.35. The zero-order valence-electron chi connectivity index (χ0n) is 15.1. The molecule has 1 aromatic rings. The van der Waals surface area contributed by atoms with Crippen LogP contribution >= 0.6 is 24.0 Å². The van der Waals surface area contributed by atoms with E-state index in [0.29, 0.717) is 27.3 Å². The fourth-order valence-corrected chi connectivity index (χ4v) is 3.40. The second kappa shape index (κ2) is 9.05. The molecule has 26 heavy (non-hydrogen) atoms. The van der Waals surface area contributed by atoms with Gasteiger partial charge in [-0.3, -0.25) is 14.5 Å². The summed E-state index contributed by atoms with van der Waals surface area (Å²) in [5.41, 5.74) is 0.719. The number of methoxy groups -OCH3 is 2. The Morgan fingerprint density at radius 1 is 1.31 bits per heavy atom. The molecule has 6 nitrogen and oxygen atoms in total. The van der Waals surface area contributed by atoms with Crippen molar-refractivity contribution in [1.82, 2.24) is 4.90 Å². The topological polar surface area (TPSA) is 65.1 Å². The first-order valence-electron chi connectivity index (χ1n) is 7.98. The molecule has 0 saturated carbocycles. The Kier molecular flexibility index (Phi) is 7.05. The van der Waals surface area contributed by atoms with Crippen LogP contribution < -0.4 is 9.47 Å². The van der Waals surface area contributed by atoms with E-state index >= 15 is 0 Å². The SMILES string of the molecule is COc1ccc(/C=C2\SC(=S)N(CC(=O)OCC(C)C)C2=O)c(OC)c1. The molecule has 0 N–H and O–H groups in total. The highest BCUT2D eigenvalue weighted by atomic mass is 32.2. The normalized spacial score (nSPS) is 15.7. The van der Waals surface area contributed by atoms with E-state index in [-0.39, 0.29) is 18.4 Å². The number of thioether (sulfide) groups is 1. The van der Waals surface area contributed by atoms with E-state index in [9.17, 15) is 9.59 Å². The number of rotatable bonds is 7. The molecule has 1 aromatic carbocycles. The number of benzene rings is 1. The molecule has 140 valence electrons. The molecule has 1 aliphatic rings. The van der Waals surface area contributed by atoms with E-state index in [0.717, 1.165) is 17.3 Å². The van der Waals surface area contributed by atoms with Gasteiger partial charge >= 0.3 is 5.97 Å². The lowest BCUT2D eigenvalue weighted by Crippen LogP contribution is -2.34. The van der Waals surface area contributed by atoms with Crippen LogP contribution in [0, 0.1) is 5.92 Å². The Morgan fingerprint density at radius 2 is 2.04 bits per heavy atom. The standard InChI is InChI=1S/C18H21NO5S2/c1-11(2)10-24-16(20)9-19-17(21)15(26-18(19)25)7-12-5-6-13(22-3)8-14(12)23-4/h5-8,11H,9-10H2,1-4H3/b15-7-. The minimum Gasteiger partial charge on any atom is -0.497 e. The first-order chi connectivity index (χ1) is 12.3. The molecule has 0 aromatic heterocycles. The van der Waals surface area contributed by atoms with Crippen LogP contribution in [-0.4, -0.2) is 48.5 Å². The fraction of sp³-hybridized carbons (Fsp3) is 0.389. The molecule has 1 aliphatic heterocycles. The predicted molar refractivity (Wildman–Crippen MR) is 105 cm³/mol. The van der Waals surface area contributed by atoms with Crippen LogP contribution in [0.3, 0.4) is 0 Å². The summed E-state index contributed by atoms with van der Waals surface area (Å²) >= 11 is 6.38. The lowest BCUT2D eigenvalue weighted by atomic mass is 10.1. The Morgan fingerprint density at radius 3 is 2.65 bits per heavy atom. The van der Waals surface area contributed by atoms with Gasteiger partial charge in [-0.05, 0) is 24.1 Å². The van der Waals surface area contributed by atoms with Crippen molar-refractivity contribution in [2.75, 3.05) is 27.4 Å². The number of hydrogen-bond donors (Lipinski definition) is 0. The molecule has 1 amide bonds. The highest BCUT2D eigenvalue weighted by molar-refractivity contribution is 8.26. The average molecular weight is 396 g/mol. The molecule has 1 fully saturated rings. The molecular formula is C18H21NO5S2. The van der Waals surface area contributed by atoms with E-state index in [4.69, 9.17) is 26.4 Å². The summed E-state index contributed by atoms with van der Waals surface area (Å²) in [5.74, 6) is 0.663. The van der Waals surface area contributed by atoms with Crippen LogP contribution in [0.15, 0.2) is 23.1 Å². The Bertz CT molecular complexity index is 745. The summed E-state index contributed by atoms with van der Waals surface area (Å²) in [4.78, 5) is 26.2. The summed E-state index contributed by atoms with van der Waals surface area (Å²) in [6, 6.07) is 5.30. The maximum Gasteiger partial charge on any atom is 0.326 e. The molecule has 0 aliphatic carbocycles. The second-order valence-corrected chi connectivity index (χ2v) is 7.63. The van der Waals surface area contributed by atoms with Crippen LogP contribution in [0.4, 0.5) is 0 Å². The molecule has 0 bridgehead atoms. The van der Waals surface area contributed by atoms with Gasteiger partial charge in [0.25, 0.3) is 5.91 Å². The molecule has 0 radical (unpaired) electrons. The first-order valence-corrected chi connectivity index (χ1v) is 9.21. The van der Waals surface area contributed by atoms with Gasteiger partial charge < -0.3 is 14.2 Å². The van der Waals surface area contributed by atoms with E-state index in [1.807, 2.05) is 13.8 Å². The largest absolute Gasteiger partial charge is 0.497 e. The van der Waals surface area contributed by atoms with E-state index in [1.165, 1.54) is 4.90 Å². The number of carbonyl (C=O) groups is 2. The van der Waals surface area contributed by atoms with Gasteiger partial charge in [-0.15, -0.1) is 0 Å². The average Bonchev–Trinajstić information content (AvgIpc) is 2.87. The quantitative estimate of drug-likeness (QED) is 0.399. The minimum absolute atomic E-state index is 0.186. The van der Waals surface area contributed by atoms with Gasteiger partial charge in [-0.1, -0.05) is 37.8 Å². The lowest BCUT2D eigenvalue weighted by Gasteiger charge is -2.14. The van der Waals surface area contributed by atoms with Crippen LogP contribution in [0.1, 0.15) is 19.4 Å². The molecule has 1 saturated heterocycles. The van der Waals surface area contributed by atoms with Crippen LogP contribution in [-0.2, 0) is 14.3 Å². The Balaban J connectivity index is 2.15. The zero-order chi connectivity index (χ0) is 19.3. The number of ether oxygens (including phenoxy) is 3. The van der Waals surface area contributed by atoms with Gasteiger partial charge in [0.1, 0.15) is 22.4 Å². The monoisotopic (exact) mass is 395 g/mol. The molecule has 2 rings (SSSR count). The maximum absolute atomic E-state index is 12.6. The number of esters is 1. The van der Waals surface area contributed by atoms with Crippen molar-refractivity contribution in [1.29, 1.82) is 0 Å². The number of hydrogen-bond acceptors (Lipinski definition) is 7. The Labute approximate surface area is 162 Å². The molecule has 0 unspecified atom stereocenters. The van der Waals surface area contributed by atoms with Gasteiger partial charge in [0.2, 0.25) is 0 Å². The second-order valence-electron chi connectivity index (χ2n) is 5.95. The number of thiocarbonyl (C=S) groups is 1. The molecular weight excluding hydrogens is 374 g/mol. The predicted octanol–water partition coefficient (Wildman–Crippen LogP) is 3.10. The van der Waals surface area contributed by atoms with E-state index < -0.39 is 5.97 Å². The van der Waals surface area contributed by atoms with Gasteiger partial charge in [0.05, 0.1) is 25.7 Å². The van der Waals surface area contributed by atoms with Crippen LogP contribution in [0.25, 0.3) is 6.08 Å². The van der Waals surface area contributed by atoms with Crippen molar-refractivity contribution in [3.8, 4) is 11.5 Å². The molecule has 0 spiro atoms. The van der Waals surface area contributed by atoms with Crippen molar-refractivity contribution in [3.05, 3.63) is 28.7 Å². The minimum atomic E-state index is -0.474. The van der Waals surface area contributed by atoms with Gasteiger partial charge in [-0.25, -0.2) is 0 Å².